The molecule has 1 radical (unpaired) electrons. The number of carbonyl (C=O) groups is 1. The average molecular weight is 150 g/mol. The average Bonchev–Trinajstić information content (AvgIpc) is 2.27. The highest BCUT2D eigenvalue weighted by Gasteiger charge is 2.18. The van der Waals surface area contributed by atoms with E-state index in [1.807, 2.05) is 24.3 Å². The number of carbonyl (C=O) groups excluding carboxylic acids is 1. The van der Waals surface area contributed by atoms with Crippen LogP contribution in [0.2, 0.25) is 0 Å². The fourth-order valence-electron chi connectivity index (χ4n) is 0.851. The second kappa shape index (κ2) is 2.02. The normalized spacial score (nSPS) is 14.6. The van der Waals surface area contributed by atoms with Crippen molar-refractivity contribution in [1.29, 1.82) is 0 Å². The Bertz CT molecular complexity index is 258. The predicted octanol–water partition coefficient (Wildman–Crippen LogP) is 2.15. The summed E-state index contributed by atoms with van der Waals surface area (Å²) in [6.45, 7) is 0. The van der Waals surface area contributed by atoms with E-state index in [1.54, 1.807) is 0 Å². The molecule has 2 rings (SSSR count). The zero-order valence-electron chi connectivity index (χ0n) is 5.07. The molecule has 49 valence electrons. The van der Waals surface area contributed by atoms with Crippen LogP contribution in [0.4, 0.5) is 10.5 Å². The number of nitrogens with zero attached hydrogens (tertiary/aromatic N) is 1. The Morgan fingerprint density at radius 2 is 2.10 bits per heavy atom. The smallest absolute Gasteiger partial charge is 0.259 e. The van der Waals surface area contributed by atoms with E-state index in [1.165, 1.54) is 11.8 Å². The third-order valence-electron chi connectivity index (χ3n) is 1.27. The highest BCUT2D eigenvalue weighted by molar-refractivity contribution is 8.14. The Kier molecular flexibility index (Phi) is 1.17. The van der Waals surface area contributed by atoms with Gasteiger partial charge in [0.15, 0.2) is 0 Å². The van der Waals surface area contributed by atoms with Crippen LogP contribution in [-0.4, -0.2) is 5.24 Å². The number of fused-ring (bicyclic) bond motifs is 1. The molecule has 0 aromatic heterocycles. The summed E-state index contributed by atoms with van der Waals surface area (Å²) >= 11 is 1.19. The van der Waals surface area contributed by atoms with E-state index in [4.69, 9.17) is 0 Å². The Labute approximate surface area is 62.6 Å². The van der Waals surface area contributed by atoms with Crippen LogP contribution in [0.3, 0.4) is 0 Å². The quantitative estimate of drug-likeness (QED) is 0.567. The predicted molar refractivity (Wildman–Crippen MR) is 39.5 cm³/mol. The number of hydrogen-bond donors (Lipinski definition) is 0. The van der Waals surface area contributed by atoms with Crippen molar-refractivity contribution >= 4 is 22.7 Å². The van der Waals surface area contributed by atoms with Gasteiger partial charge < -0.3 is 0 Å². The zero-order valence-corrected chi connectivity index (χ0v) is 5.89. The maximum absolute atomic E-state index is 10.7. The third kappa shape index (κ3) is 0.789. The largest absolute Gasteiger partial charge is 0.310 e. The molecule has 2 nitrogen and oxygen atoms in total. The standard InChI is InChI=1S/C7H4NOS/c9-7-8-5-3-1-2-4-6(5)10-7/h1-4H. The zero-order chi connectivity index (χ0) is 6.97. The van der Waals surface area contributed by atoms with Gasteiger partial charge >= 0.3 is 5.24 Å². The van der Waals surface area contributed by atoms with Gasteiger partial charge in [-0.1, -0.05) is 12.1 Å². The van der Waals surface area contributed by atoms with Crippen molar-refractivity contribution in [2.75, 3.05) is 0 Å². The van der Waals surface area contributed by atoms with Gasteiger partial charge in [-0.2, -0.15) is 0 Å². The molecule has 0 bridgehead atoms. The number of hydrogen-bond acceptors (Lipinski definition) is 2. The number of benzene rings is 1. The molecule has 1 aliphatic rings. The van der Waals surface area contributed by atoms with Crippen molar-refractivity contribution in [3.63, 3.8) is 0 Å². The first-order valence-corrected chi connectivity index (χ1v) is 3.70. The van der Waals surface area contributed by atoms with Crippen LogP contribution in [0.5, 0.6) is 0 Å². The fourth-order valence-corrected chi connectivity index (χ4v) is 1.55. The lowest BCUT2D eigenvalue weighted by Gasteiger charge is -1.89. The van der Waals surface area contributed by atoms with Gasteiger partial charge in [0.05, 0.1) is 5.69 Å². The van der Waals surface area contributed by atoms with Crippen LogP contribution >= 0.6 is 11.8 Å². The van der Waals surface area contributed by atoms with E-state index in [2.05, 4.69) is 5.32 Å². The molecular formula is C7H4NOS. The van der Waals surface area contributed by atoms with Crippen LogP contribution < -0.4 is 5.32 Å². The van der Waals surface area contributed by atoms with Gasteiger partial charge in [-0.05, 0) is 23.9 Å². The summed E-state index contributed by atoms with van der Waals surface area (Å²) in [4.78, 5) is 11.7. The first-order chi connectivity index (χ1) is 4.86. The van der Waals surface area contributed by atoms with Crippen molar-refractivity contribution < 1.29 is 4.79 Å². The van der Waals surface area contributed by atoms with E-state index < -0.39 is 0 Å². The summed E-state index contributed by atoms with van der Waals surface area (Å²) in [7, 11) is 0. The van der Waals surface area contributed by atoms with Crippen LogP contribution in [0.15, 0.2) is 29.2 Å². The molecule has 0 unspecified atom stereocenters. The summed E-state index contributed by atoms with van der Waals surface area (Å²) in [5, 5.41) is 3.67. The van der Waals surface area contributed by atoms with Crippen LogP contribution in [-0.2, 0) is 0 Å². The maximum Gasteiger partial charge on any atom is 0.310 e. The molecule has 1 amide bonds. The van der Waals surface area contributed by atoms with Gasteiger partial charge in [-0.3, -0.25) is 4.79 Å². The van der Waals surface area contributed by atoms with Crippen molar-refractivity contribution in [2.45, 2.75) is 4.90 Å². The lowest BCUT2D eigenvalue weighted by Crippen LogP contribution is -1.93. The maximum atomic E-state index is 10.7. The SMILES string of the molecule is O=C1[N]c2ccccc2S1. The topological polar surface area (TPSA) is 31.2 Å². The summed E-state index contributed by atoms with van der Waals surface area (Å²) in [6, 6.07) is 7.52. The Hall–Kier alpha value is -0.960. The van der Waals surface area contributed by atoms with E-state index in [-0.39, 0.29) is 5.24 Å². The van der Waals surface area contributed by atoms with Gasteiger partial charge in [0.2, 0.25) is 0 Å². The molecule has 0 fully saturated rings. The molecule has 1 aromatic rings. The van der Waals surface area contributed by atoms with Gasteiger partial charge in [-0.15, -0.1) is 0 Å². The van der Waals surface area contributed by atoms with Crippen LogP contribution in [0.25, 0.3) is 0 Å². The lowest BCUT2D eigenvalue weighted by atomic mass is 10.3. The Morgan fingerprint density at radius 1 is 1.30 bits per heavy atom. The minimum Gasteiger partial charge on any atom is -0.259 e. The highest BCUT2D eigenvalue weighted by Crippen LogP contribution is 2.34. The summed E-state index contributed by atoms with van der Waals surface area (Å²) in [5.74, 6) is 0. The van der Waals surface area contributed by atoms with Crippen molar-refractivity contribution in [3.05, 3.63) is 24.3 Å². The second-order valence-corrected chi connectivity index (χ2v) is 2.94. The summed E-state index contributed by atoms with van der Waals surface area (Å²) in [6.07, 6.45) is 0. The monoisotopic (exact) mass is 150 g/mol. The van der Waals surface area contributed by atoms with Gasteiger partial charge in [0.1, 0.15) is 0 Å². The number of rotatable bonds is 0. The molecule has 1 aliphatic heterocycles. The first kappa shape index (κ1) is 5.80. The molecule has 0 saturated heterocycles. The molecule has 0 saturated carbocycles. The Balaban J connectivity index is 2.51. The van der Waals surface area contributed by atoms with Crippen LogP contribution in [0, 0.1) is 0 Å². The van der Waals surface area contributed by atoms with Gasteiger partial charge in [-0.25, -0.2) is 5.32 Å². The molecule has 0 N–H and O–H groups in total. The third-order valence-corrected chi connectivity index (χ3v) is 2.11. The van der Waals surface area contributed by atoms with E-state index in [9.17, 15) is 4.79 Å². The van der Waals surface area contributed by atoms with Gasteiger partial charge in [0.25, 0.3) is 0 Å². The minimum absolute atomic E-state index is 0.110. The van der Waals surface area contributed by atoms with Crippen molar-refractivity contribution in [2.24, 2.45) is 0 Å². The van der Waals surface area contributed by atoms with E-state index in [0.29, 0.717) is 0 Å². The molecule has 3 heteroatoms. The van der Waals surface area contributed by atoms with Gasteiger partial charge in [0, 0.05) is 4.90 Å². The minimum atomic E-state index is -0.110. The number of amides is 1. The Morgan fingerprint density at radius 3 is 2.90 bits per heavy atom. The molecule has 0 aliphatic carbocycles. The van der Waals surface area contributed by atoms with Crippen molar-refractivity contribution in [1.82, 2.24) is 5.32 Å². The molecule has 0 atom stereocenters. The second-order valence-electron chi connectivity index (χ2n) is 1.95. The van der Waals surface area contributed by atoms with E-state index >= 15 is 0 Å². The summed E-state index contributed by atoms with van der Waals surface area (Å²) < 4.78 is 0. The molecule has 0 spiro atoms. The number of para-hydroxylation sites is 1. The molecular weight excluding hydrogens is 146 g/mol. The fraction of sp³-hybridized carbons (Fsp3) is 0. The lowest BCUT2D eigenvalue weighted by molar-refractivity contribution is 0.264. The molecule has 1 aromatic carbocycles. The number of thioether (sulfide) groups is 1. The highest BCUT2D eigenvalue weighted by atomic mass is 32.2. The van der Waals surface area contributed by atoms with Crippen LogP contribution in [0.1, 0.15) is 0 Å². The van der Waals surface area contributed by atoms with E-state index in [0.717, 1.165) is 10.6 Å². The summed E-state index contributed by atoms with van der Waals surface area (Å²) in [5.41, 5.74) is 0.803. The van der Waals surface area contributed by atoms with Crippen molar-refractivity contribution in [3.8, 4) is 0 Å². The first-order valence-electron chi connectivity index (χ1n) is 2.89. The molecule has 10 heavy (non-hydrogen) atoms. The molecule has 1 heterocycles.